The average molecular weight is 297 g/mol. The van der Waals surface area contributed by atoms with Crippen LogP contribution in [0, 0.1) is 5.92 Å². The van der Waals surface area contributed by atoms with Gasteiger partial charge < -0.3 is 10.1 Å². The minimum Gasteiger partial charge on any atom is -0.384 e. The van der Waals surface area contributed by atoms with E-state index < -0.39 is 0 Å². The molecule has 1 N–H and O–H groups in total. The molecule has 1 aliphatic rings. The van der Waals surface area contributed by atoms with Crippen LogP contribution in [0.4, 0.5) is 0 Å². The van der Waals surface area contributed by atoms with Gasteiger partial charge in [0, 0.05) is 32.1 Å². The van der Waals surface area contributed by atoms with Gasteiger partial charge in [0.05, 0.1) is 12.3 Å². The zero-order chi connectivity index (χ0) is 14.2. The van der Waals surface area contributed by atoms with Crippen molar-refractivity contribution in [3.8, 4) is 0 Å². The molecular weight excluding hydrogens is 270 g/mol. The third kappa shape index (κ3) is 5.13. The van der Waals surface area contributed by atoms with Crippen molar-refractivity contribution in [2.75, 3.05) is 33.4 Å². The van der Waals surface area contributed by atoms with E-state index in [9.17, 15) is 0 Å². The summed E-state index contributed by atoms with van der Waals surface area (Å²) in [4.78, 5) is 7.25. The van der Waals surface area contributed by atoms with Gasteiger partial charge in [-0.2, -0.15) is 0 Å². The third-order valence-corrected chi connectivity index (χ3v) is 4.59. The normalized spacial score (nSPS) is 20.4. The molecule has 0 aliphatic carbocycles. The highest BCUT2D eigenvalue weighted by Gasteiger charge is 2.20. The molecule has 2 heterocycles. The number of ether oxygens (including phenoxy) is 1. The molecule has 2 rings (SSSR count). The Bertz CT molecular complexity index is 381. The number of rotatable bonds is 8. The van der Waals surface area contributed by atoms with Gasteiger partial charge in [-0.1, -0.05) is 6.92 Å². The van der Waals surface area contributed by atoms with Crippen LogP contribution in [0.2, 0.25) is 0 Å². The van der Waals surface area contributed by atoms with Crippen molar-refractivity contribution in [1.29, 1.82) is 0 Å². The Kier molecular flexibility index (Phi) is 6.93. The number of thiazole rings is 1. The number of nitrogens with one attached hydrogen (secondary N) is 1. The Balaban J connectivity index is 1.77. The van der Waals surface area contributed by atoms with Crippen molar-refractivity contribution in [1.82, 2.24) is 15.2 Å². The molecular formula is C15H27N3OS. The maximum atomic E-state index is 5.29. The Hall–Kier alpha value is -0.490. The number of methoxy groups -OCH3 is 1. The van der Waals surface area contributed by atoms with Crippen LogP contribution in [-0.4, -0.2) is 43.2 Å². The van der Waals surface area contributed by atoms with Crippen LogP contribution in [0.5, 0.6) is 0 Å². The maximum Gasteiger partial charge on any atom is 0.107 e. The minimum absolute atomic E-state index is 0.693. The number of nitrogens with zero attached hydrogens (tertiary/aromatic N) is 2. The molecule has 20 heavy (non-hydrogen) atoms. The van der Waals surface area contributed by atoms with E-state index in [2.05, 4.69) is 22.5 Å². The first kappa shape index (κ1) is 15.9. The Morgan fingerprint density at radius 2 is 2.45 bits per heavy atom. The van der Waals surface area contributed by atoms with Crippen LogP contribution in [0.3, 0.4) is 0 Å². The molecule has 1 unspecified atom stereocenters. The smallest absolute Gasteiger partial charge is 0.107 e. The van der Waals surface area contributed by atoms with Crippen LogP contribution >= 0.6 is 11.3 Å². The minimum atomic E-state index is 0.693. The van der Waals surface area contributed by atoms with E-state index in [-0.39, 0.29) is 0 Å². The first-order valence-electron chi connectivity index (χ1n) is 7.67. The van der Waals surface area contributed by atoms with E-state index in [0.29, 0.717) is 5.92 Å². The quantitative estimate of drug-likeness (QED) is 0.748. The molecule has 0 bridgehead atoms. The lowest BCUT2D eigenvalue weighted by molar-refractivity contribution is 0.0868. The maximum absolute atomic E-state index is 5.29. The van der Waals surface area contributed by atoms with E-state index in [1.165, 1.54) is 36.5 Å². The predicted octanol–water partition coefficient (Wildman–Crippen LogP) is 2.50. The highest BCUT2D eigenvalue weighted by molar-refractivity contribution is 7.09. The van der Waals surface area contributed by atoms with Crippen LogP contribution in [0.25, 0.3) is 0 Å². The number of piperidine rings is 1. The third-order valence-electron chi connectivity index (χ3n) is 3.69. The number of hydrogen-bond acceptors (Lipinski definition) is 5. The SMILES string of the molecule is CCCNCc1nc(CN2CCCC(COC)C2)cs1. The van der Waals surface area contributed by atoms with Crippen LogP contribution in [-0.2, 0) is 17.8 Å². The summed E-state index contributed by atoms with van der Waals surface area (Å²) in [5.41, 5.74) is 1.22. The molecule has 1 aromatic rings. The largest absolute Gasteiger partial charge is 0.384 e. The fraction of sp³-hybridized carbons (Fsp3) is 0.800. The second kappa shape index (κ2) is 8.72. The first-order valence-corrected chi connectivity index (χ1v) is 8.55. The monoisotopic (exact) mass is 297 g/mol. The van der Waals surface area contributed by atoms with Gasteiger partial charge in [-0.15, -0.1) is 11.3 Å². The van der Waals surface area contributed by atoms with Crippen molar-refractivity contribution >= 4 is 11.3 Å². The van der Waals surface area contributed by atoms with Gasteiger partial charge in [-0.3, -0.25) is 4.90 Å². The van der Waals surface area contributed by atoms with Crippen molar-refractivity contribution in [3.63, 3.8) is 0 Å². The van der Waals surface area contributed by atoms with Crippen molar-refractivity contribution in [2.24, 2.45) is 5.92 Å². The molecule has 0 aromatic carbocycles. The van der Waals surface area contributed by atoms with Crippen molar-refractivity contribution < 1.29 is 4.74 Å². The lowest BCUT2D eigenvalue weighted by atomic mass is 9.99. The summed E-state index contributed by atoms with van der Waals surface area (Å²) in [6.07, 6.45) is 3.75. The van der Waals surface area contributed by atoms with Gasteiger partial charge in [-0.05, 0) is 38.3 Å². The van der Waals surface area contributed by atoms with Crippen molar-refractivity contribution in [3.05, 3.63) is 16.1 Å². The van der Waals surface area contributed by atoms with Crippen molar-refractivity contribution in [2.45, 2.75) is 39.3 Å². The van der Waals surface area contributed by atoms with Crippen LogP contribution < -0.4 is 5.32 Å². The van der Waals surface area contributed by atoms with E-state index in [1.807, 2.05) is 0 Å². The number of likely N-dealkylation sites (tertiary alicyclic amines) is 1. The van der Waals surface area contributed by atoms with Gasteiger partial charge >= 0.3 is 0 Å². The second-order valence-electron chi connectivity index (χ2n) is 5.61. The molecule has 0 saturated carbocycles. The van der Waals surface area contributed by atoms with Crippen LogP contribution in [0.1, 0.15) is 36.9 Å². The molecule has 1 aromatic heterocycles. The van der Waals surface area contributed by atoms with E-state index in [0.717, 1.165) is 32.8 Å². The predicted molar refractivity (Wildman–Crippen MR) is 84.0 cm³/mol. The van der Waals surface area contributed by atoms with Gasteiger partial charge in [0.1, 0.15) is 5.01 Å². The van der Waals surface area contributed by atoms with Gasteiger partial charge in [0.25, 0.3) is 0 Å². The summed E-state index contributed by atoms with van der Waals surface area (Å²) in [5, 5.41) is 6.83. The zero-order valence-electron chi connectivity index (χ0n) is 12.7. The van der Waals surface area contributed by atoms with E-state index in [1.54, 1.807) is 18.4 Å². The summed E-state index contributed by atoms with van der Waals surface area (Å²) < 4.78 is 5.29. The fourth-order valence-electron chi connectivity index (χ4n) is 2.77. The molecule has 5 heteroatoms. The highest BCUT2D eigenvalue weighted by Crippen LogP contribution is 2.19. The molecule has 4 nitrogen and oxygen atoms in total. The summed E-state index contributed by atoms with van der Waals surface area (Å²) >= 11 is 1.77. The molecule has 1 aliphatic heterocycles. The molecule has 1 saturated heterocycles. The Morgan fingerprint density at radius 1 is 1.55 bits per heavy atom. The lowest BCUT2D eigenvalue weighted by Crippen LogP contribution is -2.36. The molecule has 0 radical (unpaired) electrons. The van der Waals surface area contributed by atoms with E-state index >= 15 is 0 Å². The second-order valence-corrected chi connectivity index (χ2v) is 6.55. The Labute approximate surface area is 126 Å². The van der Waals surface area contributed by atoms with Gasteiger partial charge in [-0.25, -0.2) is 4.98 Å². The topological polar surface area (TPSA) is 37.4 Å². The molecule has 114 valence electrons. The average Bonchev–Trinajstić information content (AvgIpc) is 2.87. The number of aromatic nitrogens is 1. The lowest BCUT2D eigenvalue weighted by Gasteiger charge is -2.31. The number of hydrogen-bond donors (Lipinski definition) is 1. The summed E-state index contributed by atoms with van der Waals surface area (Å²) in [6.45, 7) is 8.39. The Morgan fingerprint density at radius 3 is 3.25 bits per heavy atom. The summed E-state index contributed by atoms with van der Waals surface area (Å²) in [7, 11) is 1.80. The fourth-order valence-corrected chi connectivity index (χ4v) is 3.53. The zero-order valence-corrected chi connectivity index (χ0v) is 13.5. The highest BCUT2D eigenvalue weighted by atomic mass is 32.1. The van der Waals surface area contributed by atoms with E-state index in [4.69, 9.17) is 9.72 Å². The molecule has 1 atom stereocenters. The molecule has 0 amide bonds. The van der Waals surface area contributed by atoms with Crippen LogP contribution in [0.15, 0.2) is 5.38 Å². The molecule has 1 fully saturated rings. The first-order chi connectivity index (χ1) is 9.81. The molecule has 0 spiro atoms. The standard InChI is InChI=1S/C15H27N3OS/c1-3-6-16-8-15-17-14(12-20-15)10-18-7-4-5-13(9-18)11-19-2/h12-13,16H,3-11H2,1-2H3. The van der Waals surface area contributed by atoms with Gasteiger partial charge in [0.2, 0.25) is 0 Å². The van der Waals surface area contributed by atoms with Gasteiger partial charge in [0.15, 0.2) is 0 Å². The summed E-state index contributed by atoms with van der Waals surface area (Å²) in [6, 6.07) is 0. The summed E-state index contributed by atoms with van der Waals surface area (Å²) in [5.74, 6) is 0.693.